The standard InChI is InChI=1S/C14H21N5O2/c1-10(19-13(20)21-14(2,3)4)5-6-17-12-11(7-15)8-16-9-18-12/h8-10H,5-6H2,1-4H3,(H,19,20)(H,16,17,18)/t10-/m0/s1. The van der Waals surface area contributed by atoms with Crippen molar-refractivity contribution in [1.82, 2.24) is 15.3 Å². The summed E-state index contributed by atoms with van der Waals surface area (Å²) < 4.78 is 5.18. The summed E-state index contributed by atoms with van der Waals surface area (Å²) in [6, 6.07) is 1.96. The van der Waals surface area contributed by atoms with E-state index in [4.69, 9.17) is 10.00 Å². The number of rotatable bonds is 5. The van der Waals surface area contributed by atoms with Crippen molar-refractivity contribution in [2.45, 2.75) is 45.8 Å². The number of carbonyl (C=O) groups is 1. The fourth-order valence-electron chi connectivity index (χ4n) is 1.54. The number of aromatic nitrogens is 2. The highest BCUT2D eigenvalue weighted by Gasteiger charge is 2.17. The van der Waals surface area contributed by atoms with Gasteiger partial charge >= 0.3 is 6.09 Å². The first-order valence-electron chi connectivity index (χ1n) is 6.75. The molecule has 1 aromatic rings. The minimum absolute atomic E-state index is 0.0558. The smallest absolute Gasteiger partial charge is 0.407 e. The molecular formula is C14H21N5O2. The molecule has 0 radical (unpaired) electrons. The van der Waals surface area contributed by atoms with Gasteiger partial charge in [-0.3, -0.25) is 0 Å². The first-order chi connectivity index (χ1) is 9.81. The van der Waals surface area contributed by atoms with E-state index in [9.17, 15) is 4.79 Å². The quantitative estimate of drug-likeness (QED) is 0.861. The molecule has 1 heterocycles. The summed E-state index contributed by atoms with van der Waals surface area (Å²) in [5.41, 5.74) is -0.115. The van der Waals surface area contributed by atoms with Crippen LogP contribution in [0.5, 0.6) is 0 Å². The predicted molar refractivity (Wildman–Crippen MR) is 78.7 cm³/mol. The van der Waals surface area contributed by atoms with Crippen LogP contribution in [0.25, 0.3) is 0 Å². The summed E-state index contributed by atoms with van der Waals surface area (Å²) in [5, 5.41) is 14.7. The lowest BCUT2D eigenvalue weighted by Crippen LogP contribution is -2.38. The van der Waals surface area contributed by atoms with Crippen molar-refractivity contribution in [2.75, 3.05) is 11.9 Å². The Hall–Kier alpha value is -2.36. The Kier molecular flexibility index (Phi) is 5.91. The van der Waals surface area contributed by atoms with Gasteiger partial charge in [-0.2, -0.15) is 5.26 Å². The third-order valence-corrected chi connectivity index (χ3v) is 2.47. The normalized spacial score (nSPS) is 12.1. The lowest BCUT2D eigenvalue weighted by Gasteiger charge is -2.22. The SMILES string of the molecule is C[C@@H](CCNc1ncncc1C#N)NC(=O)OC(C)(C)C. The molecule has 1 atom stereocenters. The maximum atomic E-state index is 11.6. The summed E-state index contributed by atoms with van der Waals surface area (Å²) in [6.07, 6.45) is 3.08. The monoisotopic (exact) mass is 291 g/mol. The molecule has 0 saturated carbocycles. The van der Waals surface area contributed by atoms with Gasteiger partial charge in [0.2, 0.25) is 0 Å². The van der Waals surface area contributed by atoms with Gasteiger partial charge in [0, 0.05) is 12.6 Å². The predicted octanol–water partition coefficient (Wildman–Crippen LogP) is 2.06. The van der Waals surface area contributed by atoms with Crippen LogP contribution in [0.15, 0.2) is 12.5 Å². The number of alkyl carbamates (subject to hydrolysis) is 1. The van der Waals surface area contributed by atoms with E-state index in [-0.39, 0.29) is 6.04 Å². The van der Waals surface area contributed by atoms with Gasteiger partial charge in [-0.05, 0) is 34.1 Å². The molecule has 0 spiro atoms. The minimum Gasteiger partial charge on any atom is -0.444 e. The zero-order valence-electron chi connectivity index (χ0n) is 12.8. The van der Waals surface area contributed by atoms with Crippen molar-refractivity contribution in [1.29, 1.82) is 5.26 Å². The van der Waals surface area contributed by atoms with Crippen molar-refractivity contribution in [3.63, 3.8) is 0 Å². The van der Waals surface area contributed by atoms with Gasteiger partial charge in [-0.15, -0.1) is 0 Å². The summed E-state index contributed by atoms with van der Waals surface area (Å²) in [4.78, 5) is 19.4. The molecule has 7 heteroatoms. The van der Waals surface area contributed by atoms with Crippen molar-refractivity contribution < 1.29 is 9.53 Å². The molecule has 0 fully saturated rings. The van der Waals surface area contributed by atoms with Gasteiger partial charge in [-0.25, -0.2) is 14.8 Å². The van der Waals surface area contributed by atoms with Gasteiger partial charge in [0.05, 0.1) is 6.20 Å². The average molecular weight is 291 g/mol. The number of hydrogen-bond acceptors (Lipinski definition) is 6. The van der Waals surface area contributed by atoms with E-state index in [1.807, 2.05) is 33.8 Å². The van der Waals surface area contributed by atoms with Gasteiger partial charge in [0.15, 0.2) is 0 Å². The summed E-state index contributed by atoms with van der Waals surface area (Å²) >= 11 is 0. The zero-order chi connectivity index (χ0) is 15.9. The second-order valence-electron chi connectivity index (χ2n) is 5.66. The molecule has 0 aliphatic carbocycles. The fraction of sp³-hybridized carbons (Fsp3) is 0.571. The Morgan fingerprint density at radius 1 is 1.52 bits per heavy atom. The first kappa shape index (κ1) is 16.7. The van der Waals surface area contributed by atoms with Crippen LogP contribution < -0.4 is 10.6 Å². The molecule has 0 aromatic carbocycles. The molecule has 0 aliphatic heterocycles. The van der Waals surface area contributed by atoms with E-state index in [1.54, 1.807) is 0 Å². The third-order valence-electron chi connectivity index (χ3n) is 2.47. The van der Waals surface area contributed by atoms with Gasteiger partial charge in [0.25, 0.3) is 0 Å². The topological polar surface area (TPSA) is 99.9 Å². The largest absolute Gasteiger partial charge is 0.444 e. The summed E-state index contributed by atoms with van der Waals surface area (Å²) in [5.74, 6) is 0.497. The molecule has 7 nitrogen and oxygen atoms in total. The number of carbonyl (C=O) groups excluding carboxylic acids is 1. The van der Waals surface area contributed by atoms with E-state index in [2.05, 4.69) is 20.6 Å². The average Bonchev–Trinajstić information content (AvgIpc) is 2.36. The summed E-state index contributed by atoms with van der Waals surface area (Å²) in [7, 11) is 0. The second kappa shape index (κ2) is 7.43. The lowest BCUT2D eigenvalue weighted by atomic mass is 10.2. The van der Waals surface area contributed by atoms with Crippen molar-refractivity contribution >= 4 is 11.9 Å². The van der Waals surface area contributed by atoms with Crippen molar-refractivity contribution in [3.05, 3.63) is 18.1 Å². The molecule has 0 unspecified atom stereocenters. The van der Waals surface area contributed by atoms with Crippen molar-refractivity contribution in [3.8, 4) is 6.07 Å². The Morgan fingerprint density at radius 3 is 2.86 bits per heavy atom. The van der Waals surface area contributed by atoms with E-state index in [0.29, 0.717) is 24.3 Å². The Bertz CT molecular complexity index is 519. The van der Waals surface area contributed by atoms with Gasteiger partial charge < -0.3 is 15.4 Å². The number of nitriles is 1. The number of hydrogen-bond donors (Lipinski definition) is 2. The number of nitrogens with zero attached hydrogens (tertiary/aromatic N) is 3. The highest BCUT2D eigenvalue weighted by molar-refractivity contribution is 5.68. The summed E-state index contributed by atoms with van der Waals surface area (Å²) in [6.45, 7) is 7.91. The number of amides is 1. The fourth-order valence-corrected chi connectivity index (χ4v) is 1.54. The van der Waals surface area contributed by atoms with Gasteiger partial charge in [-0.1, -0.05) is 0 Å². The van der Waals surface area contributed by atoms with Gasteiger partial charge in [0.1, 0.15) is 29.4 Å². The van der Waals surface area contributed by atoms with Crippen LogP contribution in [-0.2, 0) is 4.74 Å². The van der Waals surface area contributed by atoms with Crippen LogP contribution in [0.2, 0.25) is 0 Å². The molecule has 0 saturated heterocycles. The Balaban J connectivity index is 2.36. The minimum atomic E-state index is -0.509. The lowest BCUT2D eigenvalue weighted by molar-refractivity contribution is 0.0507. The van der Waals surface area contributed by atoms with E-state index < -0.39 is 11.7 Å². The molecule has 1 aromatic heterocycles. The number of nitrogens with one attached hydrogen (secondary N) is 2. The Morgan fingerprint density at radius 2 is 2.24 bits per heavy atom. The molecule has 0 aliphatic rings. The molecule has 21 heavy (non-hydrogen) atoms. The second-order valence-corrected chi connectivity index (χ2v) is 5.66. The highest BCUT2D eigenvalue weighted by atomic mass is 16.6. The molecule has 0 bridgehead atoms. The van der Waals surface area contributed by atoms with E-state index in [0.717, 1.165) is 0 Å². The molecule has 1 amide bonds. The van der Waals surface area contributed by atoms with Crippen LogP contribution in [0.3, 0.4) is 0 Å². The Labute approximate surface area is 124 Å². The first-order valence-corrected chi connectivity index (χ1v) is 6.75. The van der Waals surface area contributed by atoms with Crippen LogP contribution in [-0.4, -0.2) is 34.2 Å². The van der Waals surface area contributed by atoms with Crippen LogP contribution in [0.1, 0.15) is 39.7 Å². The maximum absolute atomic E-state index is 11.6. The zero-order valence-corrected chi connectivity index (χ0v) is 12.8. The van der Waals surface area contributed by atoms with Crippen LogP contribution in [0, 0.1) is 11.3 Å². The highest BCUT2D eigenvalue weighted by Crippen LogP contribution is 2.09. The third kappa shape index (κ3) is 6.56. The van der Waals surface area contributed by atoms with E-state index >= 15 is 0 Å². The molecular weight excluding hydrogens is 270 g/mol. The molecule has 2 N–H and O–H groups in total. The number of anilines is 1. The maximum Gasteiger partial charge on any atom is 0.407 e. The van der Waals surface area contributed by atoms with Crippen LogP contribution >= 0.6 is 0 Å². The molecule has 1 rings (SSSR count). The van der Waals surface area contributed by atoms with Crippen LogP contribution in [0.4, 0.5) is 10.6 Å². The van der Waals surface area contributed by atoms with E-state index in [1.165, 1.54) is 12.5 Å². The number of ether oxygens (including phenoxy) is 1. The molecule has 114 valence electrons. The van der Waals surface area contributed by atoms with Crippen molar-refractivity contribution in [2.24, 2.45) is 0 Å².